The predicted molar refractivity (Wildman–Crippen MR) is 117 cm³/mol. The summed E-state index contributed by atoms with van der Waals surface area (Å²) < 4.78 is 27.1. The van der Waals surface area contributed by atoms with Gasteiger partial charge in [-0.15, -0.1) is 6.42 Å². The maximum absolute atomic E-state index is 13.3. The summed E-state index contributed by atoms with van der Waals surface area (Å²) in [4.78, 5) is 15.0. The monoisotopic (exact) mass is 418 g/mol. The molecule has 3 rings (SSSR count). The summed E-state index contributed by atoms with van der Waals surface area (Å²) in [6.45, 7) is 0.691. The SMILES string of the molecule is C#CCNS(=O)(=O)c1cccc(C(=O)N(Cc2ccccc2)Cc2ccccc2)c1. The number of hydrogen-bond acceptors (Lipinski definition) is 3. The summed E-state index contributed by atoms with van der Waals surface area (Å²) in [7, 11) is -3.79. The quantitative estimate of drug-likeness (QED) is 0.570. The van der Waals surface area contributed by atoms with Crippen molar-refractivity contribution in [3.63, 3.8) is 0 Å². The lowest BCUT2D eigenvalue weighted by atomic mass is 10.1. The molecule has 0 saturated carbocycles. The zero-order valence-electron chi connectivity index (χ0n) is 16.4. The number of rotatable bonds is 8. The minimum Gasteiger partial charge on any atom is -0.330 e. The summed E-state index contributed by atoms with van der Waals surface area (Å²) >= 11 is 0. The average Bonchev–Trinajstić information content (AvgIpc) is 2.78. The molecule has 0 bridgehead atoms. The number of benzene rings is 3. The van der Waals surface area contributed by atoms with Crippen molar-refractivity contribution < 1.29 is 13.2 Å². The fraction of sp³-hybridized carbons (Fsp3) is 0.125. The molecule has 0 radical (unpaired) electrons. The van der Waals surface area contributed by atoms with Gasteiger partial charge in [0.15, 0.2) is 0 Å². The minimum absolute atomic E-state index is 0.00275. The van der Waals surface area contributed by atoms with E-state index in [1.807, 2.05) is 60.7 Å². The highest BCUT2D eigenvalue weighted by atomic mass is 32.2. The number of carbonyl (C=O) groups is 1. The second-order valence-corrected chi connectivity index (χ2v) is 8.46. The van der Waals surface area contributed by atoms with Crippen LogP contribution in [0.15, 0.2) is 89.8 Å². The summed E-state index contributed by atoms with van der Waals surface area (Å²) in [5.74, 6) is 1.99. The summed E-state index contributed by atoms with van der Waals surface area (Å²) in [5.41, 5.74) is 2.27. The molecule has 0 saturated heterocycles. The van der Waals surface area contributed by atoms with Crippen LogP contribution in [-0.4, -0.2) is 25.8 Å². The van der Waals surface area contributed by atoms with Crippen LogP contribution in [0.5, 0.6) is 0 Å². The van der Waals surface area contributed by atoms with Crippen LogP contribution in [0.25, 0.3) is 0 Å². The molecule has 152 valence electrons. The van der Waals surface area contributed by atoms with Gasteiger partial charge in [-0.2, -0.15) is 4.72 Å². The molecule has 0 heterocycles. The Morgan fingerprint density at radius 2 is 1.43 bits per heavy atom. The van der Waals surface area contributed by atoms with Gasteiger partial charge in [0.25, 0.3) is 5.91 Å². The third kappa shape index (κ3) is 5.57. The van der Waals surface area contributed by atoms with Crippen LogP contribution >= 0.6 is 0 Å². The van der Waals surface area contributed by atoms with E-state index in [9.17, 15) is 13.2 Å². The van der Waals surface area contributed by atoms with Crippen LogP contribution in [0.1, 0.15) is 21.5 Å². The van der Waals surface area contributed by atoms with E-state index in [-0.39, 0.29) is 17.3 Å². The zero-order valence-corrected chi connectivity index (χ0v) is 17.2. The smallest absolute Gasteiger partial charge is 0.254 e. The summed E-state index contributed by atoms with van der Waals surface area (Å²) in [6, 6.07) is 25.3. The van der Waals surface area contributed by atoms with Gasteiger partial charge in [-0.05, 0) is 29.3 Å². The van der Waals surface area contributed by atoms with Gasteiger partial charge in [0.2, 0.25) is 10.0 Å². The average molecular weight is 419 g/mol. The molecular weight excluding hydrogens is 396 g/mol. The maximum Gasteiger partial charge on any atom is 0.254 e. The van der Waals surface area contributed by atoms with Gasteiger partial charge in [0.05, 0.1) is 11.4 Å². The highest BCUT2D eigenvalue weighted by molar-refractivity contribution is 7.89. The topological polar surface area (TPSA) is 66.5 Å². The molecule has 0 aromatic heterocycles. The van der Waals surface area contributed by atoms with Crippen molar-refractivity contribution >= 4 is 15.9 Å². The van der Waals surface area contributed by atoms with E-state index >= 15 is 0 Å². The third-order valence-electron chi connectivity index (χ3n) is 4.48. The van der Waals surface area contributed by atoms with Gasteiger partial charge >= 0.3 is 0 Å². The van der Waals surface area contributed by atoms with Crippen molar-refractivity contribution in [2.24, 2.45) is 0 Å². The Morgan fingerprint density at radius 1 is 0.867 bits per heavy atom. The van der Waals surface area contributed by atoms with E-state index in [0.717, 1.165) is 11.1 Å². The summed E-state index contributed by atoms with van der Waals surface area (Å²) in [6.07, 6.45) is 5.14. The summed E-state index contributed by atoms with van der Waals surface area (Å²) in [5, 5.41) is 0. The van der Waals surface area contributed by atoms with Gasteiger partial charge in [0.1, 0.15) is 0 Å². The van der Waals surface area contributed by atoms with Crippen molar-refractivity contribution in [3.05, 3.63) is 102 Å². The molecule has 0 unspecified atom stereocenters. The van der Waals surface area contributed by atoms with Crippen molar-refractivity contribution in [2.75, 3.05) is 6.54 Å². The van der Waals surface area contributed by atoms with Crippen LogP contribution < -0.4 is 4.72 Å². The fourth-order valence-corrected chi connectivity index (χ4v) is 3.99. The number of hydrogen-bond donors (Lipinski definition) is 1. The number of carbonyl (C=O) groups excluding carboxylic acids is 1. The maximum atomic E-state index is 13.3. The number of nitrogens with one attached hydrogen (secondary N) is 1. The molecule has 0 fully saturated rings. The minimum atomic E-state index is -3.79. The van der Waals surface area contributed by atoms with Gasteiger partial charge in [-0.25, -0.2) is 8.42 Å². The molecule has 0 spiro atoms. The molecular formula is C24H22N2O3S. The van der Waals surface area contributed by atoms with Crippen molar-refractivity contribution in [1.82, 2.24) is 9.62 Å². The molecule has 0 aliphatic rings. The lowest BCUT2D eigenvalue weighted by Gasteiger charge is -2.23. The van der Waals surface area contributed by atoms with Crippen molar-refractivity contribution in [2.45, 2.75) is 18.0 Å². The van der Waals surface area contributed by atoms with Crippen LogP contribution in [-0.2, 0) is 23.1 Å². The normalized spacial score (nSPS) is 10.9. The number of sulfonamides is 1. The molecule has 6 heteroatoms. The number of nitrogens with zero attached hydrogens (tertiary/aromatic N) is 1. The van der Waals surface area contributed by atoms with E-state index in [2.05, 4.69) is 10.6 Å². The standard InChI is InChI=1S/C24H22N2O3S/c1-2-16-25-30(28,29)23-15-9-14-22(17-23)24(27)26(18-20-10-5-3-6-11-20)19-21-12-7-4-8-13-21/h1,3-15,17,25H,16,18-19H2. The first-order valence-electron chi connectivity index (χ1n) is 9.40. The van der Waals surface area contributed by atoms with Gasteiger partial charge in [-0.1, -0.05) is 72.7 Å². The Kier molecular flexibility index (Phi) is 7.02. The molecule has 5 nitrogen and oxygen atoms in total. The molecule has 0 aliphatic carbocycles. The highest BCUT2D eigenvalue weighted by Crippen LogP contribution is 2.17. The van der Waals surface area contributed by atoms with E-state index in [4.69, 9.17) is 6.42 Å². The first kappa shape index (κ1) is 21.3. The van der Waals surface area contributed by atoms with Crippen LogP contribution in [0, 0.1) is 12.3 Å². The van der Waals surface area contributed by atoms with Crippen LogP contribution in [0.4, 0.5) is 0 Å². The first-order valence-corrected chi connectivity index (χ1v) is 10.9. The molecule has 0 atom stereocenters. The number of terminal acetylenes is 1. The number of amides is 1. The molecule has 3 aromatic rings. The Bertz CT molecular complexity index is 1100. The third-order valence-corrected chi connectivity index (χ3v) is 5.87. The molecule has 0 aliphatic heterocycles. The van der Waals surface area contributed by atoms with Gasteiger partial charge in [-0.3, -0.25) is 4.79 Å². The van der Waals surface area contributed by atoms with Crippen molar-refractivity contribution in [3.8, 4) is 12.3 Å². The Labute approximate surface area is 177 Å². The first-order chi connectivity index (χ1) is 14.5. The lowest BCUT2D eigenvalue weighted by molar-refractivity contribution is 0.0730. The fourth-order valence-electron chi connectivity index (χ4n) is 3.01. The largest absolute Gasteiger partial charge is 0.330 e. The van der Waals surface area contributed by atoms with Crippen LogP contribution in [0.3, 0.4) is 0 Å². The predicted octanol–water partition coefficient (Wildman–Crippen LogP) is 3.44. The lowest BCUT2D eigenvalue weighted by Crippen LogP contribution is -2.30. The molecule has 1 amide bonds. The van der Waals surface area contributed by atoms with E-state index in [1.54, 1.807) is 17.0 Å². The zero-order chi connectivity index (χ0) is 21.4. The second kappa shape index (κ2) is 9.88. The molecule has 1 N–H and O–H groups in total. The Morgan fingerprint density at radius 3 is 1.97 bits per heavy atom. The highest BCUT2D eigenvalue weighted by Gasteiger charge is 2.20. The van der Waals surface area contributed by atoms with Gasteiger partial charge < -0.3 is 4.90 Å². The van der Waals surface area contributed by atoms with Gasteiger partial charge in [0, 0.05) is 18.7 Å². The Hall–Kier alpha value is -3.40. The molecule has 30 heavy (non-hydrogen) atoms. The second-order valence-electron chi connectivity index (χ2n) is 6.69. The van der Waals surface area contributed by atoms with Crippen LogP contribution in [0.2, 0.25) is 0 Å². The Balaban J connectivity index is 1.90. The van der Waals surface area contributed by atoms with E-state index in [1.165, 1.54) is 12.1 Å². The van der Waals surface area contributed by atoms with E-state index < -0.39 is 10.0 Å². The molecule has 3 aromatic carbocycles. The van der Waals surface area contributed by atoms with E-state index in [0.29, 0.717) is 18.7 Å². The van der Waals surface area contributed by atoms with Crippen molar-refractivity contribution in [1.29, 1.82) is 0 Å².